The first-order chi connectivity index (χ1) is 10.6. The van der Waals surface area contributed by atoms with Gasteiger partial charge in [-0.05, 0) is 50.0 Å². The van der Waals surface area contributed by atoms with Gasteiger partial charge in [0.25, 0.3) is 0 Å². The Balaban J connectivity index is 1.91. The maximum Gasteiger partial charge on any atom is 0.303 e. The number of benzene rings is 1. The Bertz CT molecular complexity index is 448. The van der Waals surface area contributed by atoms with Gasteiger partial charge >= 0.3 is 5.97 Å². The molecule has 0 spiro atoms. The maximum absolute atomic E-state index is 10.3. The van der Waals surface area contributed by atoms with Crippen molar-refractivity contribution in [3.05, 3.63) is 23.8 Å². The monoisotopic (exact) mass is 309 g/mol. The molecule has 0 bridgehead atoms. The minimum absolute atomic E-state index is 0.0691. The SMILES string of the molecule is O=C(O)CCCCCCCCNCCc1ccc(O)c(O)c1. The molecule has 5 heteroatoms. The number of hydrogen-bond acceptors (Lipinski definition) is 4. The van der Waals surface area contributed by atoms with Crippen molar-refractivity contribution >= 4 is 5.97 Å². The van der Waals surface area contributed by atoms with Gasteiger partial charge in [-0.25, -0.2) is 0 Å². The van der Waals surface area contributed by atoms with Gasteiger partial charge in [-0.1, -0.05) is 31.7 Å². The van der Waals surface area contributed by atoms with Crippen LogP contribution in [0, 0.1) is 0 Å². The molecule has 22 heavy (non-hydrogen) atoms. The van der Waals surface area contributed by atoms with Crippen molar-refractivity contribution in [3.63, 3.8) is 0 Å². The Kier molecular flexibility index (Phi) is 9.07. The number of carbonyl (C=O) groups is 1. The van der Waals surface area contributed by atoms with E-state index in [1.807, 2.05) is 6.07 Å². The standard InChI is InChI=1S/C17H27NO4/c19-15-9-8-14(13-16(15)20)10-12-18-11-6-4-2-1-3-5-7-17(21)22/h8-9,13,18-20H,1-7,10-12H2,(H,21,22). The average molecular weight is 309 g/mol. The first-order valence-corrected chi connectivity index (χ1v) is 8.03. The summed E-state index contributed by atoms with van der Waals surface area (Å²) in [7, 11) is 0. The molecule has 1 aromatic carbocycles. The Morgan fingerprint density at radius 3 is 2.27 bits per heavy atom. The number of aliphatic carboxylic acids is 1. The first-order valence-electron chi connectivity index (χ1n) is 8.03. The van der Waals surface area contributed by atoms with Gasteiger partial charge in [0.05, 0.1) is 0 Å². The molecule has 0 atom stereocenters. The predicted octanol–water partition coefficient (Wildman–Crippen LogP) is 3.05. The zero-order valence-electron chi connectivity index (χ0n) is 13.1. The van der Waals surface area contributed by atoms with Gasteiger partial charge in [0.2, 0.25) is 0 Å². The van der Waals surface area contributed by atoms with Gasteiger partial charge in [-0.2, -0.15) is 0 Å². The molecular weight excluding hydrogens is 282 g/mol. The molecule has 0 heterocycles. The van der Waals surface area contributed by atoms with E-state index >= 15 is 0 Å². The molecular formula is C17H27NO4. The molecule has 0 unspecified atom stereocenters. The number of rotatable bonds is 12. The lowest BCUT2D eigenvalue weighted by atomic mass is 10.1. The van der Waals surface area contributed by atoms with Crippen molar-refractivity contribution in [1.29, 1.82) is 0 Å². The van der Waals surface area contributed by atoms with E-state index in [4.69, 9.17) is 5.11 Å². The Morgan fingerprint density at radius 1 is 0.909 bits per heavy atom. The fourth-order valence-corrected chi connectivity index (χ4v) is 2.32. The molecule has 0 radical (unpaired) electrons. The van der Waals surface area contributed by atoms with Crippen molar-refractivity contribution in [2.24, 2.45) is 0 Å². The first kappa shape index (κ1) is 18.3. The highest BCUT2D eigenvalue weighted by atomic mass is 16.4. The van der Waals surface area contributed by atoms with E-state index < -0.39 is 5.97 Å². The van der Waals surface area contributed by atoms with E-state index in [2.05, 4.69) is 5.32 Å². The minimum atomic E-state index is -0.703. The number of carboxylic acid groups (broad SMARTS) is 1. The van der Waals surface area contributed by atoms with Crippen molar-refractivity contribution in [1.82, 2.24) is 5.32 Å². The quantitative estimate of drug-likeness (QED) is 0.352. The molecule has 0 aromatic heterocycles. The largest absolute Gasteiger partial charge is 0.504 e. The van der Waals surface area contributed by atoms with Crippen LogP contribution in [0.4, 0.5) is 0 Å². The smallest absolute Gasteiger partial charge is 0.303 e. The van der Waals surface area contributed by atoms with Gasteiger partial charge in [0.1, 0.15) is 0 Å². The summed E-state index contributed by atoms with van der Waals surface area (Å²) >= 11 is 0. The molecule has 1 rings (SSSR count). The second kappa shape index (κ2) is 10.9. The summed E-state index contributed by atoms with van der Waals surface area (Å²) < 4.78 is 0. The van der Waals surface area contributed by atoms with Crippen LogP contribution in [0.5, 0.6) is 11.5 Å². The van der Waals surface area contributed by atoms with Crippen molar-refractivity contribution in [3.8, 4) is 11.5 Å². The number of aromatic hydroxyl groups is 2. The number of phenols is 2. The predicted molar refractivity (Wildman–Crippen MR) is 86.3 cm³/mol. The van der Waals surface area contributed by atoms with Crippen molar-refractivity contribution in [2.45, 2.75) is 51.4 Å². The van der Waals surface area contributed by atoms with E-state index in [0.717, 1.165) is 57.2 Å². The van der Waals surface area contributed by atoms with Crippen LogP contribution in [0.3, 0.4) is 0 Å². The van der Waals surface area contributed by atoms with Crippen LogP contribution in [0.2, 0.25) is 0 Å². The summed E-state index contributed by atoms with van der Waals surface area (Å²) in [4.78, 5) is 10.3. The summed E-state index contributed by atoms with van der Waals surface area (Å²) in [6, 6.07) is 4.91. The van der Waals surface area contributed by atoms with E-state index in [0.29, 0.717) is 0 Å². The number of hydrogen-bond donors (Lipinski definition) is 4. The Labute approximate surface area is 132 Å². The Hall–Kier alpha value is -1.75. The van der Waals surface area contributed by atoms with Crippen LogP contribution in [0.15, 0.2) is 18.2 Å². The lowest BCUT2D eigenvalue weighted by Gasteiger charge is -2.06. The fraction of sp³-hybridized carbons (Fsp3) is 0.588. The van der Waals surface area contributed by atoms with Crippen LogP contribution in [-0.2, 0) is 11.2 Å². The molecule has 4 N–H and O–H groups in total. The molecule has 0 saturated heterocycles. The molecule has 0 aliphatic carbocycles. The number of carboxylic acids is 1. The second-order valence-corrected chi connectivity index (χ2v) is 5.59. The number of nitrogens with one attached hydrogen (secondary N) is 1. The van der Waals surface area contributed by atoms with Crippen LogP contribution in [0.25, 0.3) is 0 Å². The highest BCUT2D eigenvalue weighted by Crippen LogP contribution is 2.24. The second-order valence-electron chi connectivity index (χ2n) is 5.59. The maximum atomic E-state index is 10.3. The van der Waals surface area contributed by atoms with Crippen LogP contribution >= 0.6 is 0 Å². The third-order valence-electron chi connectivity index (χ3n) is 3.62. The fourth-order valence-electron chi connectivity index (χ4n) is 2.32. The lowest BCUT2D eigenvalue weighted by molar-refractivity contribution is -0.137. The van der Waals surface area contributed by atoms with Gasteiger partial charge in [0, 0.05) is 6.42 Å². The zero-order chi connectivity index (χ0) is 16.2. The van der Waals surface area contributed by atoms with Gasteiger partial charge in [-0.3, -0.25) is 4.79 Å². The topological polar surface area (TPSA) is 89.8 Å². The van der Waals surface area contributed by atoms with E-state index in [1.165, 1.54) is 12.5 Å². The number of phenolic OH excluding ortho intramolecular Hbond substituents is 2. The van der Waals surface area contributed by atoms with Crippen LogP contribution in [0.1, 0.15) is 50.5 Å². The third kappa shape index (κ3) is 8.52. The summed E-state index contributed by atoms with van der Waals surface area (Å²) in [5, 5.41) is 30.5. The van der Waals surface area contributed by atoms with Gasteiger partial charge in [0.15, 0.2) is 11.5 Å². The molecule has 0 aliphatic heterocycles. The third-order valence-corrected chi connectivity index (χ3v) is 3.62. The summed E-state index contributed by atoms with van der Waals surface area (Å²) in [5.74, 6) is -0.855. The van der Waals surface area contributed by atoms with E-state index in [-0.39, 0.29) is 17.9 Å². The van der Waals surface area contributed by atoms with Crippen LogP contribution < -0.4 is 5.32 Å². The highest BCUT2D eigenvalue weighted by Gasteiger charge is 2.00. The molecule has 1 aromatic rings. The Morgan fingerprint density at radius 2 is 1.59 bits per heavy atom. The van der Waals surface area contributed by atoms with Gasteiger partial charge < -0.3 is 20.6 Å². The molecule has 0 fully saturated rings. The van der Waals surface area contributed by atoms with E-state index in [9.17, 15) is 15.0 Å². The summed E-state index contributed by atoms with van der Waals surface area (Å²) in [5.41, 5.74) is 1.00. The molecule has 0 aliphatic rings. The van der Waals surface area contributed by atoms with Crippen LogP contribution in [-0.4, -0.2) is 34.4 Å². The summed E-state index contributed by atoms with van der Waals surface area (Å²) in [6.07, 6.45) is 7.46. The van der Waals surface area contributed by atoms with Crippen molar-refractivity contribution in [2.75, 3.05) is 13.1 Å². The molecule has 124 valence electrons. The van der Waals surface area contributed by atoms with Gasteiger partial charge in [-0.15, -0.1) is 0 Å². The van der Waals surface area contributed by atoms with Crippen molar-refractivity contribution < 1.29 is 20.1 Å². The molecule has 0 saturated carbocycles. The molecule has 0 amide bonds. The normalized spacial score (nSPS) is 10.7. The van der Waals surface area contributed by atoms with E-state index in [1.54, 1.807) is 6.07 Å². The summed E-state index contributed by atoms with van der Waals surface area (Å²) in [6.45, 7) is 1.82. The molecule has 5 nitrogen and oxygen atoms in total. The minimum Gasteiger partial charge on any atom is -0.504 e. The zero-order valence-corrected chi connectivity index (χ0v) is 13.1. The highest BCUT2D eigenvalue weighted by molar-refractivity contribution is 5.66. The lowest BCUT2D eigenvalue weighted by Crippen LogP contribution is -2.18. The average Bonchev–Trinajstić information content (AvgIpc) is 2.48. The number of unbranched alkanes of at least 4 members (excludes halogenated alkanes) is 5.